The molecule has 0 aliphatic rings. The van der Waals surface area contributed by atoms with E-state index >= 15 is 0 Å². The summed E-state index contributed by atoms with van der Waals surface area (Å²) in [4.78, 5) is 11.8. The minimum Gasteiger partial charge on any atom is -0.383 e. The summed E-state index contributed by atoms with van der Waals surface area (Å²) in [6, 6.07) is 3.05. The number of halogens is 1. The van der Waals surface area contributed by atoms with E-state index < -0.39 is 12.0 Å². The Bertz CT molecular complexity index is 469. The van der Waals surface area contributed by atoms with E-state index in [1.165, 1.54) is 6.07 Å². The average Bonchev–Trinajstić information content (AvgIpc) is 2.30. The third-order valence-electron chi connectivity index (χ3n) is 3.12. The minimum atomic E-state index is -1.06. The summed E-state index contributed by atoms with van der Waals surface area (Å²) in [6.45, 7) is 9.04. The lowest BCUT2D eigenvalue weighted by atomic mass is 9.99. The van der Waals surface area contributed by atoms with Crippen LogP contribution < -0.4 is 5.32 Å². The molecule has 0 heterocycles. The Labute approximate surface area is 113 Å². The molecule has 0 fully saturated rings. The Kier molecular flexibility index (Phi) is 5.06. The Morgan fingerprint density at radius 2 is 1.84 bits per heavy atom. The smallest absolute Gasteiger partial charge is 0.253 e. The molecule has 0 bridgehead atoms. The van der Waals surface area contributed by atoms with Crippen LogP contribution in [0.4, 0.5) is 10.1 Å². The molecule has 3 nitrogen and oxygen atoms in total. The molecule has 1 atom stereocenters. The summed E-state index contributed by atoms with van der Waals surface area (Å²) in [5.41, 5.74) is 1.75. The number of aliphatic hydroxyl groups is 1. The molecule has 0 aliphatic heterocycles. The first-order chi connectivity index (χ1) is 8.73. The predicted octanol–water partition coefficient (Wildman–Crippen LogP) is 3.21. The quantitative estimate of drug-likeness (QED) is 0.880. The molecular weight excluding hydrogens is 245 g/mol. The Hall–Kier alpha value is -1.42. The molecule has 0 aromatic heterocycles. The summed E-state index contributed by atoms with van der Waals surface area (Å²) >= 11 is 0. The van der Waals surface area contributed by atoms with Gasteiger partial charge >= 0.3 is 0 Å². The number of carbonyl (C=O) groups excluding carboxylic acids is 1. The van der Waals surface area contributed by atoms with Crippen molar-refractivity contribution in [3.05, 3.63) is 29.1 Å². The molecule has 1 amide bonds. The molecule has 1 rings (SSSR count). The summed E-state index contributed by atoms with van der Waals surface area (Å²) < 4.78 is 13.7. The van der Waals surface area contributed by atoms with E-state index in [-0.39, 0.29) is 17.7 Å². The first-order valence-corrected chi connectivity index (χ1v) is 6.53. The van der Waals surface area contributed by atoms with Crippen molar-refractivity contribution < 1.29 is 14.3 Å². The fraction of sp³-hybridized carbons (Fsp3) is 0.533. The number of carbonyl (C=O) groups is 1. The van der Waals surface area contributed by atoms with E-state index in [2.05, 4.69) is 5.32 Å². The van der Waals surface area contributed by atoms with Crippen molar-refractivity contribution >= 4 is 11.6 Å². The number of hydrogen-bond donors (Lipinski definition) is 2. The van der Waals surface area contributed by atoms with Crippen LogP contribution in [0.1, 0.15) is 44.7 Å². The van der Waals surface area contributed by atoms with Crippen LogP contribution in [0.15, 0.2) is 12.1 Å². The molecule has 0 radical (unpaired) electrons. The number of hydrogen-bond acceptors (Lipinski definition) is 2. The highest BCUT2D eigenvalue weighted by Crippen LogP contribution is 2.26. The second-order valence-corrected chi connectivity index (χ2v) is 5.52. The molecule has 0 spiro atoms. The van der Waals surface area contributed by atoms with Gasteiger partial charge in [-0.15, -0.1) is 0 Å². The molecule has 1 aromatic rings. The van der Waals surface area contributed by atoms with Crippen molar-refractivity contribution in [1.29, 1.82) is 0 Å². The van der Waals surface area contributed by atoms with Gasteiger partial charge in [0.05, 0.1) is 0 Å². The maximum Gasteiger partial charge on any atom is 0.253 e. The molecule has 2 N–H and O–H groups in total. The zero-order valence-electron chi connectivity index (χ0n) is 12.1. The SMILES string of the molecule is Cc1cc(F)c(C(C)C)cc1NC(=O)[C@@H](O)C(C)C. The van der Waals surface area contributed by atoms with Gasteiger partial charge in [-0.25, -0.2) is 4.39 Å². The van der Waals surface area contributed by atoms with Crippen molar-refractivity contribution in [2.45, 2.75) is 46.6 Å². The second kappa shape index (κ2) is 6.15. The van der Waals surface area contributed by atoms with Crippen LogP contribution in [0.25, 0.3) is 0 Å². The van der Waals surface area contributed by atoms with Gasteiger partial charge < -0.3 is 10.4 Å². The fourth-order valence-electron chi connectivity index (χ4n) is 1.78. The third kappa shape index (κ3) is 3.77. The van der Waals surface area contributed by atoms with Crippen LogP contribution in [-0.2, 0) is 4.79 Å². The maximum absolute atomic E-state index is 13.7. The molecule has 1 aromatic carbocycles. The van der Waals surface area contributed by atoms with Crippen molar-refractivity contribution in [3.8, 4) is 0 Å². The standard InChI is InChI=1S/C15H22FNO2/c1-8(2)11-7-13(10(5)6-12(11)16)17-15(19)14(18)9(3)4/h6-9,14,18H,1-5H3,(H,17,19)/t14-/m0/s1. The number of amides is 1. The topological polar surface area (TPSA) is 49.3 Å². The maximum atomic E-state index is 13.7. The first-order valence-electron chi connectivity index (χ1n) is 6.53. The Balaban J connectivity index is 3.01. The lowest BCUT2D eigenvalue weighted by molar-refractivity contribution is -0.125. The van der Waals surface area contributed by atoms with Crippen LogP contribution >= 0.6 is 0 Å². The fourth-order valence-corrected chi connectivity index (χ4v) is 1.78. The summed E-state index contributed by atoms with van der Waals surface area (Å²) in [7, 11) is 0. The predicted molar refractivity (Wildman–Crippen MR) is 74.7 cm³/mol. The van der Waals surface area contributed by atoms with E-state index in [0.29, 0.717) is 16.8 Å². The van der Waals surface area contributed by atoms with Gasteiger partial charge in [0, 0.05) is 5.69 Å². The van der Waals surface area contributed by atoms with Crippen LogP contribution in [0, 0.1) is 18.7 Å². The number of nitrogens with one attached hydrogen (secondary N) is 1. The van der Waals surface area contributed by atoms with E-state index in [4.69, 9.17) is 0 Å². The zero-order valence-corrected chi connectivity index (χ0v) is 12.1. The average molecular weight is 267 g/mol. The van der Waals surface area contributed by atoms with Crippen LogP contribution in [0.5, 0.6) is 0 Å². The van der Waals surface area contributed by atoms with Crippen molar-refractivity contribution in [3.63, 3.8) is 0 Å². The molecule has 0 saturated carbocycles. The van der Waals surface area contributed by atoms with Gasteiger partial charge in [-0.1, -0.05) is 27.7 Å². The number of benzene rings is 1. The molecule has 19 heavy (non-hydrogen) atoms. The van der Waals surface area contributed by atoms with E-state index in [0.717, 1.165) is 0 Å². The van der Waals surface area contributed by atoms with Gasteiger partial charge in [-0.2, -0.15) is 0 Å². The van der Waals surface area contributed by atoms with Crippen molar-refractivity contribution in [1.82, 2.24) is 0 Å². The van der Waals surface area contributed by atoms with Gasteiger partial charge in [0.15, 0.2) is 0 Å². The van der Waals surface area contributed by atoms with E-state index in [1.54, 1.807) is 26.8 Å². The number of aryl methyl sites for hydroxylation is 1. The van der Waals surface area contributed by atoms with Crippen LogP contribution in [0.3, 0.4) is 0 Å². The number of rotatable bonds is 4. The summed E-state index contributed by atoms with van der Waals surface area (Å²) in [5.74, 6) is -0.856. The van der Waals surface area contributed by atoms with Crippen LogP contribution in [0.2, 0.25) is 0 Å². The Morgan fingerprint density at radius 1 is 1.26 bits per heavy atom. The van der Waals surface area contributed by atoms with E-state index in [1.807, 2.05) is 13.8 Å². The first kappa shape index (κ1) is 15.6. The zero-order chi connectivity index (χ0) is 14.7. The largest absolute Gasteiger partial charge is 0.383 e. The van der Waals surface area contributed by atoms with Crippen LogP contribution in [-0.4, -0.2) is 17.1 Å². The minimum absolute atomic E-state index is 0.0336. The monoisotopic (exact) mass is 267 g/mol. The van der Waals surface area contributed by atoms with Gasteiger partial charge in [0.2, 0.25) is 0 Å². The third-order valence-corrected chi connectivity index (χ3v) is 3.12. The van der Waals surface area contributed by atoms with Gasteiger partial charge in [-0.05, 0) is 42.0 Å². The van der Waals surface area contributed by atoms with E-state index in [9.17, 15) is 14.3 Å². The number of aliphatic hydroxyl groups excluding tert-OH is 1. The highest BCUT2D eigenvalue weighted by molar-refractivity contribution is 5.94. The molecule has 0 unspecified atom stereocenters. The summed E-state index contributed by atoms with van der Waals surface area (Å²) in [6.07, 6.45) is -1.06. The highest BCUT2D eigenvalue weighted by atomic mass is 19.1. The molecule has 0 aliphatic carbocycles. The summed E-state index contributed by atoms with van der Waals surface area (Å²) in [5, 5.41) is 12.4. The number of anilines is 1. The van der Waals surface area contributed by atoms with Gasteiger partial charge in [-0.3, -0.25) is 4.79 Å². The highest BCUT2D eigenvalue weighted by Gasteiger charge is 2.20. The van der Waals surface area contributed by atoms with Gasteiger partial charge in [0.25, 0.3) is 5.91 Å². The van der Waals surface area contributed by atoms with Gasteiger partial charge in [0.1, 0.15) is 11.9 Å². The Morgan fingerprint density at radius 3 is 2.32 bits per heavy atom. The molecular formula is C15H22FNO2. The molecule has 4 heteroatoms. The molecule has 106 valence electrons. The lowest BCUT2D eigenvalue weighted by Gasteiger charge is -2.17. The lowest BCUT2D eigenvalue weighted by Crippen LogP contribution is -2.32. The normalized spacial score (nSPS) is 12.9. The van der Waals surface area contributed by atoms with Crippen molar-refractivity contribution in [2.75, 3.05) is 5.32 Å². The van der Waals surface area contributed by atoms with Crippen molar-refractivity contribution in [2.24, 2.45) is 5.92 Å². The second-order valence-electron chi connectivity index (χ2n) is 5.52. The molecule has 0 saturated heterocycles.